The molecular formula is C30H30N2O. The number of furan rings is 1. The van der Waals surface area contributed by atoms with Crippen molar-refractivity contribution in [2.45, 2.75) is 46.5 Å². The Hall–Kier alpha value is -3.59. The van der Waals surface area contributed by atoms with Crippen LogP contribution in [0.2, 0.25) is 0 Å². The summed E-state index contributed by atoms with van der Waals surface area (Å²) in [4.78, 5) is 5.14. The van der Waals surface area contributed by atoms with E-state index in [1.807, 2.05) is 25.3 Å². The molecule has 166 valence electrons. The van der Waals surface area contributed by atoms with Gasteiger partial charge in [0.2, 0.25) is 0 Å². The molecule has 0 saturated heterocycles. The lowest BCUT2D eigenvalue weighted by molar-refractivity contribution is 0.616. The summed E-state index contributed by atoms with van der Waals surface area (Å²) in [6.07, 6.45) is 1.84. The van der Waals surface area contributed by atoms with Gasteiger partial charge in [0.15, 0.2) is 0 Å². The van der Waals surface area contributed by atoms with E-state index in [1.165, 1.54) is 16.8 Å². The van der Waals surface area contributed by atoms with E-state index in [0.29, 0.717) is 11.8 Å². The van der Waals surface area contributed by atoms with Crippen LogP contribution in [0.5, 0.6) is 0 Å². The lowest BCUT2D eigenvalue weighted by Crippen LogP contribution is -2.08. The van der Waals surface area contributed by atoms with Crippen LogP contribution < -0.4 is 0 Å². The Morgan fingerprint density at radius 2 is 1.61 bits per heavy atom. The largest absolute Gasteiger partial charge is 0.464 e. The molecule has 0 spiro atoms. The number of aromatic nitrogens is 2. The molecule has 0 amide bonds. The Balaban J connectivity index is 1.91. The Morgan fingerprint density at radius 3 is 2.27 bits per heavy atom. The molecule has 3 aromatic carbocycles. The number of fused-ring (bicyclic) bond motifs is 2. The van der Waals surface area contributed by atoms with E-state index in [4.69, 9.17) is 9.40 Å². The number of nitrogens with zero attached hydrogens (tertiary/aromatic N) is 2. The minimum atomic E-state index is 0.379. The highest BCUT2D eigenvalue weighted by molar-refractivity contribution is 5.97. The molecule has 2 aromatic heterocycles. The number of hydrogen-bond acceptors (Lipinski definition) is 2. The van der Waals surface area contributed by atoms with Crippen LogP contribution in [0.1, 0.15) is 63.1 Å². The highest BCUT2D eigenvalue weighted by Crippen LogP contribution is 2.39. The van der Waals surface area contributed by atoms with Gasteiger partial charge in [-0.1, -0.05) is 76.2 Å². The molecule has 5 rings (SSSR count). The van der Waals surface area contributed by atoms with Crippen molar-refractivity contribution in [3.05, 3.63) is 90.2 Å². The maximum atomic E-state index is 6.00. The Kier molecular flexibility index (Phi) is 5.20. The molecule has 0 atom stereocenters. The highest BCUT2D eigenvalue weighted by atomic mass is 16.3. The predicted octanol–water partition coefficient (Wildman–Crippen LogP) is 8.72. The fourth-order valence-electron chi connectivity index (χ4n) is 4.67. The van der Waals surface area contributed by atoms with Crippen LogP contribution in [0.15, 0.2) is 77.9 Å². The number of rotatable bonds is 5. The monoisotopic (exact) mass is 434 g/mol. The first-order chi connectivity index (χ1) is 15.9. The van der Waals surface area contributed by atoms with Crippen molar-refractivity contribution >= 4 is 27.6 Å². The maximum absolute atomic E-state index is 6.00. The molecule has 0 aliphatic carbocycles. The number of hydrogen-bond donors (Lipinski definition) is 0. The minimum Gasteiger partial charge on any atom is -0.464 e. The number of benzene rings is 3. The summed E-state index contributed by atoms with van der Waals surface area (Å²) in [5.74, 6) is 1.66. The number of imidazole rings is 1. The molecule has 0 unspecified atom stereocenters. The van der Waals surface area contributed by atoms with Crippen molar-refractivity contribution < 1.29 is 4.42 Å². The topological polar surface area (TPSA) is 31.0 Å². The van der Waals surface area contributed by atoms with Gasteiger partial charge in [-0.05, 0) is 59.7 Å². The first-order valence-electron chi connectivity index (χ1n) is 11.6. The van der Waals surface area contributed by atoms with Gasteiger partial charge >= 0.3 is 0 Å². The third kappa shape index (κ3) is 3.48. The molecular weight excluding hydrogens is 404 g/mol. The van der Waals surface area contributed by atoms with Crippen molar-refractivity contribution in [2.24, 2.45) is 0 Å². The van der Waals surface area contributed by atoms with Gasteiger partial charge in [-0.3, -0.25) is 4.57 Å². The van der Waals surface area contributed by atoms with Crippen LogP contribution in [0.25, 0.3) is 44.7 Å². The second-order valence-electron chi connectivity index (χ2n) is 9.49. The maximum Gasteiger partial charge on any atom is 0.149 e. The smallest absolute Gasteiger partial charge is 0.149 e. The molecule has 0 saturated carbocycles. The molecule has 0 aliphatic heterocycles. The molecule has 2 heterocycles. The fourth-order valence-corrected chi connectivity index (χ4v) is 4.67. The highest BCUT2D eigenvalue weighted by Gasteiger charge is 2.23. The Morgan fingerprint density at radius 1 is 0.909 bits per heavy atom. The molecule has 0 N–H and O–H groups in total. The van der Waals surface area contributed by atoms with Crippen molar-refractivity contribution in [1.29, 1.82) is 0 Å². The van der Waals surface area contributed by atoms with E-state index in [-0.39, 0.29) is 0 Å². The van der Waals surface area contributed by atoms with Crippen LogP contribution in [0.4, 0.5) is 0 Å². The van der Waals surface area contributed by atoms with Gasteiger partial charge in [-0.25, -0.2) is 4.98 Å². The second kappa shape index (κ2) is 8.08. The van der Waals surface area contributed by atoms with Crippen molar-refractivity contribution in [3.63, 3.8) is 0 Å². The van der Waals surface area contributed by atoms with Gasteiger partial charge in [-0.15, -0.1) is 0 Å². The van der Waals surface area contributed by atoms with Gasteiger partial charge in [0.05, 0.1) is 22.3 Å². The van der Waals surface area contributed by atoms with Gasteiger partial charge < -0.3 is 4.42 Å². The quantitative estimate of drug-likeness (QED) is 0.277. The van der Waals surface area contributed by atoms with E-state index in [1.54, 1.807) is 0 Å². The zero-order chi connectivity index (χ0) is 23.3. The van der Waals surface area contributed by atoms with Gasteiger partial charge in [0.25, 0.3) is 0 Å². The molecule has 0 aliphatic rings. The number of allylic oxidation sites excluding steroid dienone is 1. The molecule has 0 bridgehead atoms. The molecule has 33 heavy (non-hydrogen) atoms. The van der Waals surface area contributed by atoms with Crippen molar-refractivity contribution in [1.82, 2.24) is 9.55 Å². The first-order valence-corrected chi connectivity index (χ1v) is 11.6. The fraction of sp³-hybridized carbons (Fsp3) is 0.233. The summed E-state index contributed by atoms with van der Waals surface area (Å²) in [6.45, 7) is 15.2. The third-order valence-electron chi connectivity index (χ3n) is 6.43. The molecule has 3 nitrogen and oxygen atoms in total. The predicted molar refractivity (Wildman–Crippen MR) is 139 cm³/mol. The molecule has 0 fully saturated rings. The standard InChI is InChI=1S/C30H30N2O/c1-18(2)21-14-15-28-24(16-21)25(17-33-28)30-31-26-12-7-8-13-27(26)32(30)29-22(19(3)4)10-9-11-23(29)20(5)6/h7-17,19-20H,1H2,2-6H3. The molecule has 0 radical (unpaired) electrons. The Labute approximate surface area is 195 Å². The zero-order valence-electron chi connectivity index (χ0n) is 20.0. The average Bonchev–Trinajstić information content (AvgIpc) is 3.38. The Bertz CT molecular complexity index is 1470. The lowest BCUT2D eigenvalue weighted by Gasteiger charge is -2.22. The van der Waals surface area contributed by atoms with E-state index < -0.39 is 0 Å². The molecule has 5 aromatic rings. The normalized spacial score (nSPS) is 11.8. The second-order valence-corrected chi connectivity index (χ2v) is 9.49. The van der Waals surface area contributed by atoms with Crippen LogP contribution in [0, 0.1) is 0 Å². The lowest BCUT2D eigenvalue weighted by atomic mass is 9.92. The zero-order valence-corrected chi connectivity index (χ0v) is 20.0. The van der Waals surface area contributed by atoms with Crippen molar-refractivity contribution in [2.75, 3.05) is 0 Å². The summed E-state index contributed by atoms with van der Waals surface area (Å²) < 4.78 is 8.34. The first kappa shape index (κ1) is 21.3. The molecule has 3 heteroatoms. The van der Waals surface area contributed by atoms with Crippen molar-refractivity contribution in [3.8, 4) is 17.1 Å². The third-order valence-corrected chi connectivity index (χ3v) is 6.43. The summed E-state index contributed by atoms with van der Waals surface area (Å²) in [7, 11) is 0. The SMILES string of the molecule is C=C(C)c1ccc2occ(-c3nc4ccccc4n3-c3c(C(C)C)cccc3C(C)C)c2c1. The average molecular weight is 435 g/mol. The van der Waals surface area contributed by atoms with Crippen LogP contribution in [-0.2, 0) is 0 Å². The minimum absolute atomic E-state index is 0.379. The summed E-state index contributed by atoms with van der Waals surface area (Å²) in [5.41, 5.74) is 9.95. The van der Waals surface area contributed by atoms with E-state index in [9.17, 15) is 0 Å². The summed E-state index contributed by atoms with van der Waals surface area (Å²) in [5, 5.41) is 1.06. The number of para-hydroxylation sites is 3. The summed E-state index contributed by atoms with van der Waals surface area (Å²) >= 11 is 0. The van der Waals surface area contributed by atoms with Crippen LogP contribution in [0.3, 0.4) is 0 Å². The van der Waals surface area contributed by atoms with E-state index in [2.05, 4.69) is 87.4 Å². The van der Waals surface area contributed by atoms with E-state index in [0.717, 1.165) is 44.5 Å². The van der Waals surface area contributed by atoms with Crippen LogP contribution in [-0.4, -0.2) is 9.55 Å². The van der Waals surface area contributed by atoms with Crippen LogP contribution >= 0.6 is 0 Å². The van der Waals surface area contributed by atoms with Gasteiger partial charge in [0.1, 0.15) is 17.7 Å². The van der Waals surface area contributed by atoms with Gasteiger partial charge in [-0.2, -0.15) is 0 Å². The van der Waals surface area contributed by atoms with E-state index >= 15 is 0 Å². The summed E-state index contributed by atoms with van der Waals surface area (Å²) in [6, 6.07) is 21.3. The van der Waals surface area contributed by atoms with Gasteiger partial charge in [0, 0.05) is 5.39 Å².